The smallest absolute Gasteiger partial charge is 0.0719 e. The van der Waals surface area contributed by atoms with Gasteiger partial charge in [0.25, 0.3) is 0 Å². The van der Waals surface area contributed by atoms with Crippen LogP contribution < -0.4 is 0 Å². The van der Waals surface area contributed by atoms with Gasteiger partial charge in [-0.2, -0.15) is 0 Å². The standard InChI is InChI=1S/C18H26ClNO/c19-17-13-20-11-9-15(17)12-18(21)10-5-4-8-16(18)14-6-2-1-3-7-14/h9,11,13-14,16,21H,1-8,10,12H2. The van der Waals surface area contributed by atoms with Crippen LogP contribution in [0.15, 0.2) is 18.5 Å². The SMILES string of the molecule is OC1(Cc2ccncc2Cl)CCCCC1C1CCCCC1. The van der Waals surface area contributed by atoms with Gasteiger partial charge in [0.05, 0.1) is 10.6 Å². The predicted octanol–water partition coefficient (Wildman–Crippen LogP) is 4.78. The van der Waals surface area contributed by atoms with Gasteiger partial charge in [-0.05, 0) is 36.3 Å². The molecule has 1 aromatic heterocycles. The van der Waals surface area contributed by atoms with E-state index >= 15 is 0 Å². The van der Waals surface area contributed by atoms with E-state index in [1.54, 1.807) is 12.4 Å². The molecule has 3 rings (SSSR count). The largest absolute Gasteiger partial charge is 0.389 e. The van der Waals surface area contributed by atoms with Crippen LogP contribution in [0, 0.1) is 11.8 Å². The van der Waals surface area contributed by atoms with Gasteiger partial charge in [0.2, 0.25) is 0 Å². The van der Waals surface area contributed by atoms with Gasteiger partial charge in [-0.1, -0.05) is 56.5 Å². The molecule has 0 aromatic carbocycles. The van der Waals surface area contributed by atoms with Crippen molar-refractivity contribution in [2.45, 2.75) is 69.8 Å². The lowest BCUT2D eigenvalue weighted by Gasteiger charge is -2.45. The molecule has 1 N–H and O–H groups in total. The summed E-state index contributed by atoms with van der Waals surface area (Å²) in [4.78, 5) is 4.06. The van der Waals surface area contributed by atoms with Gasteiger partial charge >= 0.3 is 0 Å². The maximum absolute atomic E-state index is 11.4. The first-order chi connectivity index (χ1) is 10.2. The highest BCUT2D eigenvalue weighted by molar-refractivity contribution is 6.31. The summed E-state index contributed by atoms with van der Waals surface area (Å²) in [6.07, 6.45) is 15.3. The fourth-order valence-electron chi connectivity index (χ4n) is 4.56. The van der Waals surface area contributed by atoms with E-state index in [-0.39, 0.29) is 0 Å². The minimum Gasteiger partial charge on any atom is -0.389 e. The number of hydrogen-bond acceptors (Lipinski definition) is 2. The summed E-state index contributed by atoms with van der Waals surface area (Å²) in [6, 6.07) is 1.97. The second kappa shape index (κ2) is 6.66. The van der Waals surface area contributed by atoms with Crippen LogP contribution in [-0.2, 0) is 6.42 Å². The van der Waals surface area contributed by atoms with Crippen LogP contribution in [0.3, 0.4) is 0 Å². The van der Waals surface area contributed by atoms with Crippen LogP contribution in [0.1, 0.15) is 63.4 Å². The summed E-state index contributed by atoms with van der Waals surface area (Å²) in [5.41, 5.74) is 0.488. The molecule has 2 saturated carbocycles. The van der Waals surface area contributed by atoms with E-state index in [2.05, 4.69) is 4.98 Å². The van der Waals surface area contributed by atoms with Crippen molar-refractivity contribution in [3.05, 3.63) is 29.0 Å². The van der Waals surface area contributed by atoms with Crippen molar-refractivity contribution in [3.63, 3.8) is 0 Å². The second-order valence-electron chi connectivity index (χ2n) is 7.00. The molecule has 21 heavy (non-hydrogen) atoms. The third-order valence-corrected chi connectivity index (χ3v) is 5.98. The van der Waals surface area contributed by atoms with Crippen molar-refractivity contribution in [2.75, 3.05) is 0 Å². The number of nitrogens with zero attached hydrogens (tertiary/aromatic N) is 1. The highest BCUT2D eigenvalue weighted by Crippen LogP contribution is 2.45. The van der Waals surface area contributed by atoms with Gasteiger partial charge in [-0.15, -0.1) is 0 Å². The van der Waals surface area contributed by atoms with Crippen LogP contribution in [0.25, 0.3) is 0 Å². The monoisotopic (exact) mass is 307 g/mol. The fourth-order valence-corrected chi connectivity index (χ4v) is 4.74. The minimum atomic E-state index is -0.564. The van der Waals surface area contributed by atoms with E-state index < -0.39 is 5.60 Å². The van der Waals surface area contributed by atoms with Gasteiger partial charge in [0, 0.05) is 18.8 Å². The zero-order valence-electron chi connectivity index (χ0n) is 12.7. The van der Waals surface area contributed by atoms with Gasteiger partial charge in [0.15, 0.2) is 0 Å². The van der Waals surface area contributed by atoms with E-state index in [9.17, 15) is 5.11 Å². The Morgan fingerprint density at radius 3 is 2.67 bits per heavy atom. The van der Waals surface area contributed by atoms with Crippen molar-refractivity contribution in [1.29, 1.82) is 0 Å². The Hall–Kier alpha value is -0.600. The number of rotatable bonds is 3. The van der Waals surface area contributed by atoms with Crippen molar-refractivity contribution in [3.8, 4) is 0 Å². The third-order valence-electron chi connectivity index (χ3n) is 5.64. The molecule has 0 radical (unpaired) electrons. The zero-order chi connectivity index (χ0) is 14.7. The minimum absolute atomic E-state index is 0.454. The summed E-state index contributed by atoms with van der Waals surface area (Å²) in [5.74, 6) is 1.17. The average molecular weight is 308 g/mol. The Kier molecular flexibility index (Phi) is 4.85. The van der Waals surface area contributed by atoms with E-state index in [0.717, 1.165) is 18.4 Å². The molecule has 1 heterocycles. The number of pyridine rings is 1. The Bertz CT molecular complexity index is 472. The Balaban J connectivity index is 1.79. The first-order valence-corrected chi connectivity index (χ1v) is 8.88. The van der Waals surface area contributed by atoms with Crippen LogP contribution in [0.5, 0.6) is 0 Å². The van der Waals surface area contributed by atoms with Gasteiger partial charge in [0.1, 0.15) is 0 Å². The molecule has 2 atom stereocenters. The maximum Gasteiger partial charge on any atom is 0.0719 e. The molecule has 0 spiro atoms. The first kappa shape index (κ1) is 15.3. The van der Waals surface area contributed by atoms with Gasteiger partial charge < -0.3 is 5.11 Å². The molecule has 3 heteroatoms. The molecule has 0 aliphatic heterocycles. The molecule has 0 amide bonds. The van der Waals surface area contributed by atoms with Crippen molar-refractivity contribution in [1.82, 2.24) is 4.98 Å². The Labute approximate surface area is 132 Å². The lowest BCUT2D eigenvalue weighted by Crippen LogP contribution is -2.46. The summed E-state index contributed by atoms with van der Waals surface area (Å²) in [7, 11) is 0. The van der Waals surface area contributed by atoms with Crippen LogP contribution >= 0.6 is 11.6 Å². The summed E-state index contributed by atoms with van der Waals surface area (Å²) < 4.78 is 0. The zero-order valence-corrected chi connectivity index (χ0v) is 13.5. The highest BCUT2D eigenvalue weighted by atomic mass is 35.5. The molecular weight excluding hydrogens is 282 g/mol. The molecule has 2 aliphatic carbocycles. The average Bonchev–Trinajstić information content (AvgIpc) is 2.51. The topological polar surface area (TPSA) is 33.1 Å². The van der Waals surface area contributed by atoms with Gasteiger partial charge in [-0.3, -0.25) is 4.98 Å². The van der Waals surface area contributed by atoms with Crippen molar-refractivity contribution >= 4 is 11.6 Å². The van der Waals surface area contributed by atoms with E-state index in [1.165, 1.54) is 44.9 Å². The lowest BCUT2D eigenvalue weighted by molar-refractivity contribution is -0.0766. The molecule has 2 fully saturated rings. The highest BCUT2D eigenvalue weighted by Gasteiger charge is 2.43. The molecule has 2 unspecified atom stereocenters. The summed E-state index contributed by atoms with van der Waals surface area (Å²) in [5, 5.41) is 12.1. The quantitative estimate of drug-likeness (QED) is 0.871. The number of aromatic nitrogens is 1. The van der Waals surface area contributed by atoms with E-state index in [1.807, 2.05) is 6.07 Å². The fraction of sp³-hybridized carbons (Fsp3) is 0.722. The molecule has 1 aromatic rings. The molecule has 2 nitrogen and oxygen atoms in total. The normalized spacial score (nSPS) is 31.2. The molecular formula is C18H26ClNO. The number of halogens is 1. The lowest BCUT2D eigenvalue weighted by atomic mass is 9.64. The van der Waals surface area contributed by atoms with Crippen LogP contribution in [-0.4, -0.2) is 15.7 Å². The number of aliphatic hydroxyl groups is 1. The van der Waals surface area contributed by atoms with Crippen molar-refractivity contribution < 1.29 is 5.11 Å². The second-order valence-corrected chi connectivity index (χ2v) is 7.41. The third kappa shape index (κ3) is 3.43. The molecule has 116 valence electrons. The van der Waals surface area contributed by atoms with Gasteiger partial charge in [-0.25, -0.2) is 0 Å². The molecule has 0 saturated heterocycles. The van der Waals surface area contributed by atoms with Crippen molar-refractivity contribution in [2.24, 2.45) is 11.8 Å². The molecule has 2 aliphatic rings. The Morgan fingerprint density at radius 2 is 1.90 bits per heavy atom. The van der Waals surface area contributed by atoms with Crippen LogP contribution in [0.4, 0.5) is 0 Å². The Morgan fingerprint density at radius 1 is 1.14 bits per heavy atom. The first-order valence-electron chi connectivity index (χ1n) is 8.50. The van der Waals surface area contributed by atoms with E-state index in [0.29, 0.717) is 23.3 Å². The van der Waals surface area contributed by atoms with Crippen LogP contribution in [0.2, 0.25) is 5.02 Å². The van der Waals surface area contributed by atoms with E-state index in [4.69, 9.17) is 11.6 Å². The molecule has 0 bridgehead atoms. The summed E-state index contributed by atoms with van der Waals surface area (Å²) in [6.45, 7) is 0. The summed E-state index contributed by atoms with van der Waals surface area (Å²) >= 11 is 6.27. The predicted molar refractivity (Wildman–Crippen MR) is 86.4 cm³/mol. The number of hydrogen-bond donors (Lipinski definition) is 1. The maximum atomic E-state index is 11.4.